The van der Waals surface area contributed by atoms with Crippen LogP contribution in [0, 0.1) is 5.92 Å². The molecule has 47 heavy (non-hydrogen) atoms. The van der Waals surface area contributed by atoms with Crippen LogP contribution in [0.1, 0.15) is 156 Å². The summed E-state index contributed by atoms with van der Waals surface area (Å²) in [5.74, 6) is 0.146. The van der Waals surface area contributed by atoms with Crippen molar-refractivity contribution in [2.45, 2.75) is 168 Å². The molecule has 0 aliphatic heterocycles. The summed E-state index contributed by atoms with van der Waals surface area (Å²) in [6.07, 6.45) is 40.5. The summed E-state index contributed by atoms with van der Waals surface area (Å²) in [4.78, 5) is 24.2. The maximum Gasteiger partial charge on any atom is 0.306 e. The van der Waals surface area contributed by atoms with Gasteiger partial charge in [0.2, 0.25) is 0 Å². The first kappa shape index (κ1) is 44.6. The van der Waals surface area contributed by atoms with Crippen LogP contribution in [-0.4, -0.2) is 47.6 Å². The van der Waals surface area contributed by atoms with E-state index in [0.717, 1.165) is 50.9 Å². The van der Waals surface area contributed by atoms with Crippen molar-refractivity contribution < 1.29 is 29.3 Å². The molecule has 2 atom stereocenters. The van der Waals surface area contributed by atoms with Crippen molar-refractivity contribution in [1.29, 1.82) is 0 Å². The molecule has 0 amide bonds. The fourth-order valence-corrected chi connectivity index (χ4v) is 4.97. The van der Waals surface area contributed by atoms with E-state index in [1.54, 1.807) is 0 Å². The van der Waals surface area contributed by atoms with Gasteiger partial charge >= 0.3 is 11.9 Å². The van der Waals surface area contributed by atoms with Crippen LogP contribution in [0.5, 0.6) is 0 Å². The number of carbonyl (C=O) groups excluding carboxylic acids is 2. The van der Waals surface area contributed by atoms with Crippen LogP contribution in [0.25, 0.3) is 0 Å². The number of esters is 2. The molecule has 0 saturated heterocycles. The average molecular weight is 659 g/mol. The van der Waals surface area contributed by atoms with Crippen molar-refractivity contribution in [2.24, 2.45) is 5.92 Å². The highest BCUT2D eigenvalue weighted by molar-refractivity contribution is 5.70. The Bertz CT molecular complexity index is 869. The number of unbranched alkanes of at least 4 members (excludes halogenated alkanes) is 12. The average Bonchev–Trinajstić information content (AvgIpc) is 3.05. The van der Waals surface area contributed by atoms with Crippen LogP contribution in [0.4, 0.5) is 0 Å². The van der Waals surface area contributed by atoms with Crippen LogP contribution in [0.2, 0.25) is 0 Å². The number of allylic oxidation sites excluding steroid dienone is 8. The monoisotopic (exact) mass is 659 g/mol. The second kappa shape index (κ2) is 34.9. The molecule has 0 aliphatic carbocycles. The normalized spacial score (nSPS) is 13.7. The Morgan fingerprint density at radius 2 is 1.21 bits per heavy atom. The summed E-state index contributed by atoms with van der Waals surface area (Å²) in [6.45, 7) is 6.18. The second-order valence-corrected chi connectivity index (χ2v) is 13.0. The zero-order valence-corrected chi connectivity index (χ0v) is 30.3. The van der Waals surface area contributed by atoms with Crippen molar-refractivity contribution in [1.82, 2.24) is 0 Å². The molecular weight excluding hydrogens is 588 g/mol. The first-order chi connectivity index (χ1) is 22.9. The van der Waals surface area contributed by atoms with Gasteiger partial charge in [-0.2, -0.15) is 0 Å². The second-order valence-electron chi connectivity index (χ2n) is 13.0. The summed E-state index contributed by atoms with van der Waals surface area (Å²) < 4.78 is 10.5. The fourth-order valence-electron chi connectivity index (χ4n) is 4.97. The number of hydrogen-bond acceptors (Lipinski definition) is 6. The number of carbonyl (C=O) groups is 2. The zero-order valence-electron chi connectivity index (χ0n) is 30.3. The Balaban J connectivity index is 3.72. The van der Waals surface area contributed by atoms with Crippen molar-refractivity contribution in [2.75, 3.05) is 13.2 Å². The van der Waals surface area contributed by atoms with Gasteiger partial charge in [0.05, 0.1) is 12.7 Å². The smallest absolute Gasteiger partial charge is 0.306 e. The lowest BCUT2D eigenvalue weighted by Crippen LogP contribution is -2.28. The maximum atomic E-state index is 12.1. The van der Waals surface area contributed by atoms with E-state index in [1.165, 1.54) is 64.2 Å². The first-order valence-corrected chi connectivity index (χ1v) is 18.8. The van der Waals surface area contributed by atoms with Gasteiger partial charge in [-0.05, 0) is 50.9 Å². The maximum absolute atomic E-state index is 12.1. The van der Waals surface area contributed by atoms with E-state index in [2.05, 4.69) is 44.2 Å². The molecule has 1 unspecified atom stereocenters. The van der Waals surface area contributed by atoms with Gasteiger partial charge in [0, 0.05) is 12.8 Å². The quantitative estimate of drug-likeness (QED) is 0.0323. The Kier molecular flexibility index (Phi) is 33.1. The molecule has 0 heterocycles. The molecular formula is C41H70O6. The summed E-state index contributed by atoms with van der Waals surface area (Å²) in [5, 5.41) is 19.2. The van der Waals surface area contributed by atoms with Crippen molar-refractivity contribution in [3.05, 3.63) is 60.8 Å². The minimum atomic E-state index is -0.805. The Hall–Kier alpha value is -2.44. The van der Waals surface area contributed by atoms with E-state index < -0.39 is 12.2 Å². The van der Waals surface area contributed by atoms with E-state index in [4.69, 9.17) is 9.47 Å². The van der Waals surface area contributed by atoms with E-state index in [9.17, 15) is 19.8 Å². The topological polar surface area (TPSA) is 93.1 Å². The van der Waals surface area contributed by atoms with Gasteiger partial charge in [0.1, 0.15) is 6.61 Å². The Labute approximate surface area is 288 Å². The predicted octanol–water partition coefficient (Wildman–Crippen LogP) is 10.4. The molecule has 2 N–H and O–H groups in total. The van der Waals surface area contributed by atoms with Gasteiger partial charge in [0.15, 0.2) is 6.10 Å². The molecule has 0 aliphatic rings. The highest BCUT2D eigenvalue weighted by atomic mass is 16.6. The summed E-state index contributed by atoms with van der Waals surface area (Å²) in [6, 6.07) is 0. The minimum Gasteiger partial charge on any atom is -0.462 e. The summed E-state index contributed by atoms with van der Waals surface area (Å²) in [5.41, 5.74) is 0. The molecule has 0 aromatic carbocycles. The van der Waals surface area contributed by atoms with Gasteiger partial charge in [-0.25, -0.2) is 0 Å². The van der Waals surface area contributed by atoms with Crippen LogP contribution in [-0.2, 0) is 19.1 Å². The van der Waals surface area contributed by atoms with E-state index >= 15 is 0 Å². The highest BCUT2D eigenvalue weighted by Crippen LogP contribution is 2.15. The van der Waals surface area contributed by atoms with Crippen LogP contribution >= 0.6 is 0 Å². The lowest BCUT2D eigenvalue weighted by Gasteiger charge is -2.15. The van der Waals surface area contributed by atoms with Crippen LogP contribution in [0.3, 0.4) is 0 Å². The lowest BCUT2D eigenvalue weighted by molar-refractivity contribution is -0.161. The van der Waals surface area contributed by atoms with Gasteiger partial charge < -0.3 is 19.7 Å². The van der Waals surface area contributed by atoms with E-state index in [-0.39, 0.29) is 31.6 Å². The largest absolute Gasteiger partial charge is 0.462 e. The van der Waals surface area contributed by atoms with Gasteiger partial charge in [0.25, 0.3) is 0 Å². The fraction of sp³-hybridized carbons (Fsp3) is 0.707. The molecule has 0 radical (unpaired) electrons. The van der Waals surface area contributed by atoms with Crippen LogP contribution < -0.4 is 0 Å². The zero-order chi connectivity index (χ0) is 34.6. The molecule has 0 aromatic rings. The molecule has 0 fully saturated rings. The van der Waals surface area contributed by atoms with Gasteiger partial charge in [-0.15, -0.1) is 0 Å². The number of hydrogen-bond donors (Lipinski definition) is 2. The first-order valence-electron chi connectivity index (χ1n) is 18.8. The van der Waals surface area contributed by atoms with Crippen molar-refractivity contribution >= 4 is 11.9 Å². The standard InChI is InChI=1S/C41H70O6/c1-4-5-31-38(43)32-27-23-19-15-11-7-9-12-16-20-24-28-33-40(44)46-36-39(35-42)47-41(45)34-29-25-21-17-13-8-6-10-14-18-22-26-30-37(2)3/h5,7,9,15-16,19-20,23,27,31,37-39,42-43H,4,6,8,10-14,17-18,21-22,24-26,28-30,32-36H2,1-3H3/b9-7-,19-15-,20-16-,27-23+,31-5-/t38?,39-/m0/s1. The lowest BCUT2D eigenvalue weighted by atomic mass is 10.0. The predicted molar refractivity (Wildman–Crippen MR) is 197 cm³/mol. The number of ether oxygens (including phenoxy) is 2. The van der Waals surface area contributed by atoms with Gasteiger partial charge in [-0.1, -0.05) is 159 Å². The molecule has 0 spiro atoms. The third-order valence-corrected chi connectivity index (χ3v) is 7.83. The molecule has 0 saturated carbocycles. The van der Waals surface area contributed by atoms with Crippen molar-refractivity contribution in [3.63, 3.8) is 0 Å². The molecule has 0 aromatic heterocycles. The Morgan fingerprint density at radius 3 is 1.83 bits per heavy atom. The summed E-state index contributed by atoms with van der Waals surface area (Å²) in [7, 11) is 0. The van der Waals surface area contributed by atoms with Crippen LogP contribution in [0.15, 0.2) is 60.8 Å². The highest BCUT2D eigenvalue weighted by Gasteiger charge is 2.16. The molecule has 6 heteroatoms. The molecule has 270 valence electrons. The van der Waals surface area contributed by atoms with Gasteiger partial charge in [-0.3, -0.25) is 9.59 Å². The van der Waals surface area contributed by atoms with E-state index in [0.29, 0.717) is 19.3 Å². The number of aliphatic hydroxyl groups excluding tert-OH is 2. The molecule has 0 bridgehead atoms. The van der Waals surface area contributed by atoms with Crippen molar-refractivity contribution in [3.8, 4) is 0 Å². The Morgan fingerprint density at radius 1 is 0.660 bits per heavy atom. The molecule has 6 nitrogen and oxygen atoms in total. The molecule has 0 rings (SSSR count). The third-order valence-electron chi connectivity index (χ3n) is 7.83. The number of aliphatic hydroxyl groups is 2. The van der Waals surface area contributed by atoms with E-state index in [1.807, 2.05) is 37.3 Å². The SMILES string of the molecule is CC/C=C\C(O)C/C=C/C=C\C/C=C\C/C=C\CCCC(=O)OC[C@H](CO)OC(=O)CCCCCCCCCCCCCCC(C)C. The minimum absolute atomic E-state index is 0.109. The summed E-state index contributed by atoms with van der Waals surface area (Å²) >= 11 is 0. The third kappa shape index (κ3) is 34.7. The number of rotatable bonds is 32.